The van der Waals surface area contributed by atoms with E-state index in [1.807, 2.05) is 48.5 Å². The van der Waals surface area contributed by atoms with Crippen molar-refractivity contribution in [3.63, 3.8) is 0 Å². The molecule has 3 aromatic heterocycles. The zero-order valence-corrected chi connectivity index (χ0v) is 26.9. The largest absolute Gasteiger partial charge is 0.456 e. The van der Waals surface area contributed by atoms with Crippen molar-refractivity contribution in [2.45, 2.75) is 0 Å². The molecule has 0 atom stereocenters. The molecule has 5 nitrogen and oxygen atoms in total. The Morgan fingerprint density at radius 3 is 1.60 bits per heavy atom. The number of furan rings is 1. The number of benzene rings is 7. The Kier molecular flexibility index (Phi) is 6.42. The highest BCUT2D eigenvalue weighted by Crippen LogP contribution is 2.39. The van der Waals surface area contributed by atoms with Gasteiger partial charge in [-0.15, -0.1) is 0 Å². The molecule has 0 fully saturated rings. The van der Waals surface area contributed by atoms with Crippen LogP contribution in [-0.2, 0) is 0 Å². The highest BCUT2D eigenvalue weighted by molar-refractivity contribution is 6.13. The summed E-state index contributed by atoms with van der Waals surface area (Å²) in [6, 6.07) is 58.5. The van der Waals surface area contributed by atoms with Gasteiger partial charge in [0.1, 0.15) is 11.2 Å². The van der Waals surface area contributed by atoms with Gasteiger partial charge in [0.25, 0.3) is 0 Å². The zero-order chi connectivity index (χ0) is 33.0. The van der Waals surface area contributed by atoms with Crippen LogP contribution in [-0.4, -0.2) is 19.5 Å². The fourth-order valence-corrected chi connectivity index (χ4v) is 7.12. The van der Waals surface area contributed by atoms with Crippen molar-refractivity contribution in [3.05, 3.63) is 170 Å². The molecule has 0 spiro atoms. The molecule has 0 aliphatic heterocycles. The SMILES string of the molecule is c1ccc(-c2ccc(-c3nc(-c4ccccc4)nc(-c4cccc5oc6cc(-n7c8ccccc8c8ccccc87)ccc6c45)n3)cc2)cc1. The summed E-state index contributed by atoms with van der Waals surface area (Å²) in [5, 5.41) is 4.44. The standard InChI is InChI=1S/C45H28N4O/c1-3-12-29(13-4-1)30-22-24-32(25-23-30)44-46-43(31-14-5-2-6-15-31)47-45(48-44)37-18-11-21-40-42(37)36-27-26-33(28-41(36)50-40)49-38-19-9-7-16-34(38)35-17-8-10-20-39(35)49/h1-28H. The second-order valence-corrected chi connectivity index (χ2v) is 12.4. The van der Waals surface area contributed by atoms with Crippen molar-refractivity contribution in [1.82, 2.24) is 19.5 Å². The average molecular weight is 641 g/mol. The van der Waals surface area contributed by atoms with Gasteiger partial charge in [0.15, 0.2) is 17.5 Å². The molecule has 0 saturated heterocycles. The molecule has 0 unspecified atom stereocenters. The minimum Gasteiger partial charge on any atom is -0.456 e. The Bertz CT molecular complexity index is 2800. The van der Waals surface area contributed by atoms with Gasteiger partial charge in [0.05, 0.1) is 11.0 Å². The second kappa shape index (κ2) is 11.4. The van der Waals surface area contributed by atoms with E-state index in [1.54, 1.807) is 0 Å². The van der Waals surface area contributed by atoms with Crippen molar-refractivity contribution in [1.29, 1.82) is 0 Å². The lowest BCUT2D eigenvalue weighted by Gasteiger charge is -2.10. The van der Waals surface area contributed by atoms with E-state index < -0.39 is 0 Å². The molecular weight excluding hydrogens is 613 g/mol. The predicted molar refractivity (Wildman–Crippen MR) is 203 cm³/mol. The lowest BCUT2D eigenvalue weighted by atomic mass is 10.0. The van der Waals surface area contributed by atoms with Crippen molar-refractivity contribution < 1.29 is 4.42 Å². The van der Waals surface area contributed by atoms with Gasteiger partial charge in [-0.1, -0.05) is 133 Å². The smallest absolute Gasteiger partial charge is 0.164 e. The van der Waals surface area contributed by atoms with Crippen molar-refractivity contribution in [3.8, 4) is 51.0 Å². The molecule has 10 aromatic rings. The molecule has 5 heteroatoms. The maximum absolute atomic E-state index is 6.58. The first-order chi connectivity index (χ1) is 24.8. The van der Waals surface area contributed by atoms with Crippen LogP contribution >= 0.6 is 0 Å². The normalized spacial score (nSPS) is 11.6. The monoisotopic (exact) mass is 640 g/mol. The minimum atomic E-state index is 0.598. The first-order valence-corrected chi connectivity index (χ1v) is 16.7. The molecule has 0 amide bonds. The number of aromatic nitrogens is 4. The van der Waals surface area contributed by atoms with Gasteiger partial charge < -0.3 is 8.98 Å². The van der Waals surface area contributed by atoms with Crippen molar-refractivity contribution in [2.75, 3.05) is 0 Å². The maximum atomic E-state index is 6.58. The Hall–Kier alpha value is -6.85. The summed E-state index contributed by atoms with van der Waals surface area (Å²) >= 11 is 0. The number of para-hydroxylation sites is 2. The van der Waals surface area contributed by atoms with Crippen LogP contribution in [0, 0.1) is 0 Å². The Labute approximate surface area is 287 Å². The third-order valence-corrected chi connectivity index (χ3v) is 9.48. The first kappa shape index (κ1) is 28.2. The van der Waals surface area contributed by atoms with Crippen LogP contribution in [0.4, 0.5) is 0 Å². The lowest BCUT2D eigenvalue weighted by molar-refractivity contribution is 0.668. The Morgan fingerprint density at radius 1 is 0.380 bits per heavy atom. The van der Waals surface area contributed by atoms with Crippen LogP contribution in [0.25, 0.3) is 94.7 Å². The topological polar surface area (TPSA) is 56.7 Å². The van der Waals surface area contributed by atoms with Gasteiger partial charge in [-0.25, -0.2) is 15.0 Å². The van der Waals surface area contributed by atoms with Crippen LogP contribution in [0.15, 0.2) is 174 Å². The van der Waals surface area contributed by atoms with E-state index in [-0.39, 0.29) is 0 Å². The third kappa shape index (κ3) is 4.60. The molecule has 0 aliphatic rings. The van der Waals surface area contributed by atoms with Crippen molar-refractivity contribution in [2.24, 2.45) is 0 Å². The third-order valence-electron chi connectivity index (χ3n) is 9.48. The highest BCUT2D eigenvalue weighted by Gasteiger charge is 2.19. The minimum absolute atomic E-state index is 0.598. The molecule has 0 saturated carbocycles. The maximum Gasteiger partial charge on any atom is 0.164 e. The van der Waals surface area contributed by atoms with E-state index in [0.717, 1.165) is 60.9 Å². The first-order valence-electron chi connectivity index (χ1n) is 16.7. The summed E-state index contributed by atoms with van der Waals surface area (Å²) in [4.78, 5) is 15.1. The number of hydrogen-bond acceptors (Lipinski definition) is 4. The Balaban J connectivity index is 1.14. The van der Waals surface area contributed by atoms with E-state index in [2.05, 4.69) is 126 Å². The van der Waals surface area contributed by atoms with Crippen LogP contribution in [0.1, 0.15) is 0 Å². The van der Waals surface area contributed by atoms with Crippen LogP contribution in [0.3, 0.4) is 0 Å². The fraction of sp³-hybridized carbons (Fsp3) is 0. The molecule has 234 valence electrons. The molecule has 50 heavy (non-hydrogen) atoms. The lowest BCUT2D eigenvalue weighted by Crippen LogP contribution is -2.00. The number of rotatable bonds is 5. The summed E-state index contributed by atoms with van der Waals surface area (Å²) in [7, 11) is 0. The number of fused-ring (bicyclic) bond motifs is 6. The van der Waals surface area contributed by atoms with Gasteiger partial charge >= 0.3 is 0 Å². The highest BCUT2D eigenvalue weighted by atomic mass is 16.3. The van der Waals surface area contributed by atoms with E-state index in [9.17, 15) is 0 Å². The van der Waals surface area contributed by atoms with Crippen LogP contribution < -0.4 is 0 Å². The molecule has 0 radical (unpaired) electrons. The summed E-state index contributed by atoms with van der Waals surface area (Å²) < 4.78 is 8.89. The van der Waals surface area contributed by atoms with Gasteiger partial charge in [0.2, 0.25) is 0 Å². The van der Waals surface area contributed by atoms with Gasteiger partial charge in [-0.05, 0) is 41.5 Å². The van der Waals surface area contributed by atoms with Crippen molar-refractivity contribution >= 4 is 43.7 Å². The molecule has 3 heterocycles. The van der Waals surface area contributed by atoms with Gasteiger partial charge in [-0.2, -0.15) is 0 Å². The summed E-state index contributed by atoms with van der Waals surface area (Å²) in [6.45, 7) is 0. The zero-order valence-electron chi connectivity index (χ0n) is 26.9. The quantitative estimate of drug-likeness (QED) is 0.188. The van der Waals surface area contributed by atoms with E-state index in [4.69, 9.17) is 19.4 Å². The van der Waals surface area contributed by atoms with E-state index >= 15 is 0 Å². The number of nitrogens with zero attached hydrogens (tertiary/aromatic N) is 4. The predicted octanol–water partition coefficient (Wildman–Crippen LogP) is 11.5. The summed E-state index contributed by atoms with van der Waals surface area (Å²) in [5.74, 6) is 1.84. The van der Waals surface area contributed by atoms with Gasteiger partial charge in [0, 0.05) is 50.0 Å². The van der Waals surface area contributed by atoms with Crippen LogP contribution in [0.5, 0.6) is 0 Å². The Morgan fingerprint density at radius 2 is 0.920 bits per heavy atom. The summed E-state index contributed by atoms with van der Waals surface area (Å²) in [6.07, 6.45) is 0. The summed E-state index contributed by atoms with van der Waals surface area (Å²) in [5.41, 5.74) is 10.0. The van der Waals surface area contributed by atoms with Crippen LogP contribution in [0.2, 0.25) is 0 Å². The second-order valence-electron chi connectivity index (χ2n) is 12.4. The molecular formula is C45H28N4O. The van der Waals surface area contributed by atoms with Gasteiger partial charge in [-0.3, -0.25) is 0 Å². The average Bonchev–Trinajstić information content (AvgIpc) is 3.74. The number of hydrogen-bond donors (Lipinski definition) is 0. The molecule has 0 bridgehead atoms. The molecule has 10 rings (SSSR count). The molecule has 0 aliphatic carbocycles. The molecule has 7 aromatic carbocycles. The van der Waals surface area contributed by atoms with E-state index in [0.29, 0.717) is 17.5 Å². The fourth-order valence-electron chi connectivity index (χ4n) is 7.12. The van der Waals surface area contributed by atoms with E-state index in [1.165, 1.54) is 16.3 Å². The molecule has 0 N–H and O–H groups in total.